The van der Waals surface area contributed by atoms with Crippen molar-refractivity contribution in [2.75, 3.05) is 29.9 Å². The largest absolute Gasteiger partial charge is 0.356 e. The lowest BCUT2D eigenvalue weighted by Gasteiger charge is -2.31. The zero-order valence-electron chi connectivity index (χ0n) is 11.5. The summed E-state index contributed by atoms with van der Waals surface area (Å²) in [6, 6.07) is 2.01. The third-order valence-electron chi connectivity index (χ3n) is 3.56. The average Bonchev–Trinajstić information content (AvgIpc) is 2.40. The third-order valence-corrected chi connectivity index (χ3v) is 3.56. The summed E-state index contributed by atoms with van der Waals surface area (Å²) in [6.07, 6.45) is 6.74. The number of rotatable bonds is 5. The summed E-state index contributed by atoms with van der Waals surface area (Å²) in [6.45, 7) is 7.71. The van der Waals surface area contributed by atoms with E-state index in [0.29, 0.717) is 0 Å². The molecule has 4 heteroatoms. The Morgan fingerprint density at radius 1 is 1.39 bits per heavy atom. The van der Waals surface area contributed by atoms with Gasteiger partial charge in [-0.1, -0.05) is 20.3 Å². The van der Waals surface area contributed by atoms with Gasteiger partial charge in [0.1, 0.15) is 5.82 Å². The van der Waals surface area contributed by atoms with E-state index in [1.165, 1.54) is 19.3 Å². The third kappa shape index (κ3) is 3.59. The van der Waals surface area contributed by atoms with Gasteiger partial charge >= 0.3 is 0 Å². The molecule has 18 heavy (non-hydrogen) atoms. The van der Waals surface area contributed by atoms with Crippen LogP contribution in [0.4, 0.5) is 11.8 Å². The Hall–Kier alpha value is -1.32. The Balaban J connectivity index is 1.94. The molecule has 1 N–H and O–H groups in total. The molecule has 2 heterocycles. The van der Waals surface area contributed by atoms with Gasteiger partial charge in [0, 0.05) is 25.8 Å². The summed E-state index contributed by atoms with van der Waals surface area (Å²) in [5, 5.41) is 3.28. The molecule has 100 valence electrons. The molecule has 1 aromatic heterocycles. The SMILES string of the molecule is CCCCNc1nccc(N2CCC(C)CC2)n1. The van der Waals surface area contributed by atoms with Crippen molar-refractivity contribution in [3.8, 4) is 0 Å². The first kappa shape index (κ1) is 13.1. The summed E-state index contributed by atoms with van der Waals surface area (Å²) in [4.78, 5) is 11.2. The van der Waals surface area contributed by atoms with Crippen molar-refractivity contribution in [2.45, 2.75) is 39.5 Å². The van der Waals surface area contributed by atoms with Gasteiger partial charge in [0.25, 0.3) is 0 Å². The number of nitrogens with zero attached hydrogens (tertiary/aromatic N) is 3. The van der Waals surface area contributed by atoms with Gasteiger partial charge < -0.3 is 10.2 Å². The van der Waals surface area contributed by atoms with E-state index in [4.69, 9.17) is 0 Å². The van der Waals surface area contributed by atoms with E-state index in [-0.39, 0.29) is 0 Å². The molecule has 0 aliphatic carbocycles. The van der Waals surface area contributed by atoms with Crippen molar-refractivity contribution in [2.24, 2.45) is 5.92 Å². The molecule has 1 aliphatic heterocycles. The lowest BCUT2D eigenvalue weighted by atomic mass is 9.99. The molecule has 0 spiro atoms. The Morgan fingerprint density at radius 2 is 2.17 bits per heavy atom. The predicted octanol–water partition coefficient (Wildman–Crippen LogP) is 2.92. The van der Waals surface area contributed by atoms with Gasteiger partial charge in [-0.3, -0.25) is 0 Å². The number of nitrogens with one attached hydrogen (secondary N) is 1. The first-order chi connectivity index (χ1) is 8.79. The van der Waals surface area contributed by atoms with Gasteiger partial charge in [-0.05, 0) is 31.2 Å². The van der Waals surface area contributed by atoms with Crippen LogP contribution in [0.15, 0.2) is 12.3 Å². The van der Waals surface area contributed by atoms with Gasteiger partial charge in [-0.2, -0.15) is 4.98 Å². The van der Waals surface area contributed by atoms with Crippen molar-refractivity contribution in [1.29, 1.82) is 0 Å². The molecule has 4 nitrogen and oxygen atoms in total. The number of hydrogen-bond acceptors (Lipinski definition) is 4. The van der Waals surface area contributed by atoms with Gasteiger partial charge in [0.05, 0.1) is 0 Å². The Morgan fingerprint density at radius 3 is 2.89 bits per heavy atom. The average molecular weight is 248 g/mol. The molecule has 2 rings (SSSR count). The molecule has 0 bridgehead atoms. The van der Waals surface area contributed by atoms with Crippen molar-refractivity contribution >= 4 is 11.8 Å². The molecule has 0 amide bonds. The minimum Gasteiger partial charge on any atom is -0.356 e. The van der Waals surface area contributed by atoms with Crippen molar-refractivity contribution in [1.82, 2.24) is 9.97 Å². The minimum absolute atomic E-state index is 0.763. The topological polar surface area (TPSA) is 41.1 Å². The van der Waals surface area contributed by atoms with Gasteiger partial charge in [-0.25, -0.2) is 4.98 Å². The van der Waals surface area contributed by atoms with Gasteiger partial charge in [-0.15, -0.1) is 0 Å². The normalized spacial score (nSPS) is 16.9. The van der Waals surface area contributed by atoms with Crippen LogP contribution in [-0.4, -0.2) is 29.6 Å². The number of piperidine rings is 1. The standard InChI is InChI=1S/C14H24N4/c1-3-4-8-15-14-16-9-5-13(17-14)18-10-6-12(2)7-11-18/h5,9,12H,3-4,6-8,10-11H2,1-2H3,(H,15,16,17). The van der Waals surface area contributed by atoms with E-state index in [1.54, 1.807) is 0 Å². The summed E-state index contributed by atoms with van der Waals surface area (Å²) >= 11 is 0. The Bertz CT molecular complexity index is 359. The number of aromatic nitrogens is 2. The number of anilines is 2. The lowest BCUT2D eigenvalue weighted by Crippen LogP contribution is -2.33. The van der Waals surface area contributed by atoms with Crippen LogP contribution in [0, 0.1) is 5.92 Å². The summed E-state index contributed by atoms with van der Waals surface area (Å²) in [7, 11) is 0. The van der Waals surface area contributed by atoms with E-state index in [2.05, 4.69) is 34.0 Å². The molecule has 0 atom stereocenters. The van der Waals surface area contributed by atoms with E-state index in [0.717, 1.165) is 43.7 Å². The number of hydrogen-bond donors (Lipinski definition) is 1. The molecule has 1 saturated heterocycles. The van der Waals surface area contributed by atoms with Crippen LogP contribution in [0.3, 0.4) is 0 Å². The van der Waals surface area contributed by atoms with Crippen molar-refractivity contribution < 1.29 is 0 Å². The molecule has 1 fully saturated rings. The highest BCUT2D eigenvalue weighted by atomic mass is 15.2. The van der Waals surface area contributed by atoms with Crippen molar-refractivity contribution in [3.05, 3.63) is 12.3 Å². The molecule has 0 saturated carbocycles. The maximum atomic E-state index is 4.60. The van der Waals surface area contributed by atoms with E-state index in [9.17, 15) is 0 Å². The van der Waals surface area contributed by atoms with Crippen LogP contribution >= 0.6 is 0 Å². The zero-order valence-corrected chi connectivity index (χ0v) is 11.5. The van der Waals surface area contributed by atoms with Gasteiger partial charge in [0.2, 0.25) is 5.95 Å². The maximum Gasteiger partial charge on any atom is 0.224 e. The second-order valence-electron chi connectivity index (χ2n) is 5.19. The van der Waals surface area contributed by atoms with Gasteiger partial charge in [0.15, 0.2) is 0 Å². The predicted molar refractivity (Wildman–Crippen MR) is 76.0 cm³/mol. The fraction of sp³-hybridized carbons (Fsp3) is 0.714. The molecule has 0 aromatic carbocycles. The van der Waals surface area contributed by atoms with E-state index < -0.39 is 0 Å². The molecule has 0 radical (unpaired) electrons. The van der Waals surface area contributed by atoms with Crippen LogP contribution < -0.4 is 10.2 Å². The second-order valence-corrected chi connectivity index (χ2v) is 5.19. The fourth-order valence-electron chi connectivity index (χ4n) is 2.23. The highest BCUT2D eigenvalue weighted by Gasteiger charge is 2.17. The van der Waals surface area contributed by atoms with Crippen LogP contribution in [-0.2, 0) is 0 Å². The second kappa shape index (κ2) is 6.57. The van der Waals surface area contributed by atoms with Crippen LogP contribution in [0.1, 0.15) is 39.5 Å². The van der Waals surface area contributed by atoms with Crippen molar-refractivity contribution in [3.63, 3.8) is 0 Å². The highest BCUT2D eigenvalue weighted by Crippen LogP contribution is 2.21. The first-order valence-electron chi connectivity index (χ1n) is 7.11. The molecular weight excluding hydrogens is 224 g/mol. The lowest BCUT2D eigenvalue weighted by molar-refractivity contribution is 0.436. The van der Waals surface area contributed by atoms with Crippen LogP contribution in [0.25, 0.3) is 0 Å². The van der Waals surface area contributed by atoms with Crippen LogP contribution in [0.5, 0.6) is 0 Å². The monoisotopic (exact) mass is 248 g/mol. The molecular formula is C14H24N4. The quantitative estimate of drug-likeness (QED) is 0.813. The molecule has 1 aliphatic rings. The minimum atomic E-state index is 0.763. The van der Waals surface area contributed by atoms with Crippen LogP contribution in [0.2, 0.25) is 0 Å². The Labute approximate surface area is 110 Å². The molecule has 1 aromatic rings. The fourth-order valence-corrected chi connectivity index (χ4v) is 2.23. The maximum absolute atomic E-state index is 4.60. The van der Waals surface area contributed by atoms with E-state index in [1.807, 2.05) is 12.3 Å². The highest BCUT2D eigenvalue weighted by molar-refractivity contribution is 5.42. The van der Waals surface area contributed by atoms with E-state index >= 15 is 0 Å². The summed E-state index contributed by atoms with van der Waals surface area (Å²) in [5.74, 6) is 2.68. The summed E-state index contributed by atoms with van der Waals surface area (Å²) in [5.41, 5.74) is 0. The molecule has 0 unspecified atom stereocenters. The first-order valence-corrected chi connectivity index (χ1v) is 7.11. The summed E-state index contributed by atoms with van der Waals surface area (Å²) < 4.78 is 0. The Kier molecular flexibility index (Phi) is 4.79. The zero-order chi connectivity index (χ0) is 12.8. The number of unbranched alkanes of at least 4 members (excludes halogenated alkanes) is 1. The smallest absolute Gasteiger partial charge is 0.224 e.